The minimum absolute atomic E-state index is 0.0107. The molecule has 0 aromatic heterocycles. The molecular formula is C21H22F2N2O2. The Kier molecular flexibility index (Phi) is 5.54. The van der Waals surface area contributed by atoms with Gasteiger partial charge in [-0.3, -0.25) is 9.59 Å². The monoisotopic (exact) mass is 372 g/mol. The summed E-state index contributed by atoms with van der Waals surface area (Å²) in [7, 11) is 0. The lowest BCUT2D eigenvalue weighted by atomic mass is 9.96. The summed E-state index contributed by atoms with van der Waals surface area (Å²) in [6.45, 7) is 4.35. The van der Waals surface area contributed by atoms with Crippen LogP contribution in [0.5, 0.6) is 0 Å². The predicted octanol–water partition coefficient (Wildman–Crippen LogP) is 4.47. The van der Waals surface area contributed by atoms with Gasteiger partial charge in [0.1, 0.15) is 17.3 Å². The second-order valence-corrected chi connectivity index (χ2v) is 6.86. The summed E-state index contributed by atoms with van der Waals surface area (Å²) in [5, 5.41) is 2.29. The van der Waals surface area contributed by atoms with Crippen molar-refractivity contribution in [1.82, 2.24) is 0 Å². The first-order valence-corrected chi connectivity index (χ1v) is 9.06. The molecule has 0 spiro atoms. The van der Waals surface area contributed by atoms with Crippen molar-refractivity contribution in [1.29, 1.82) is 0 Å². The molecule has 0 bridgehead atoms. The van der Waals surface area contributed by atoms with Crippen molar-refractivity contribution in [2.45, 2.75) is 32.6 Å². The second-order valence-electron chi connectivity index (χ2n) is 6.86. The van der Waals surface area contributed by atoms with Gasteiger partial charge in [0.05, 0.1) is 5.92 Å². The van der Waals surface area contributed by atoms with Gasteiger partial charge in [-0.25, -0.2) is 8.78 Å². The van der Waals surface area contributed by atoms with E-state index in [4.69, 9.17) is 0 Å². The topological polar surface area (TPSA) is 49.4 Å². The second kappa shape index (κ2) is 7.86. The fourth-order valence-electron chi connectivity index (χ4n) is 3.33. The van der Waals surface area contributed by atoms with Crippen LogP contribution in [0.15, 0.2) is 42.5 Å². The Hall–Kier alpha value is -2.76. The van der Waals surface area contributed by atoms with Gasteiger partial charge in [0.25, 0.3) is 0 Å². The van der Waals surface area contributed by atoms with Crippen LogP contribution in [0.3, 0.4) is 0 Å². The summed E-state index contributed by atoms with van der Waals surface area (Å²) < 4.78 is 27.5. The average Bonchev–Trinajstić information content (AvgIpc) is 3.05. The highest BCUT2D eigenvalue weighted by molar-refractivity contribution is 6.04. The van der Waals surface area contributed by atoms with Crippen LogP contribution >= 0.6 is 0 Å². The van der Waals surface area contributed by atoms with E-state index in [-0.39, 0.29) is 24.8 Å². The molecule has 2 aromatic carbocycles. The number of halogens is 2. The fraction of sp³-hybridized carbons (Fsp3) is 0.333. The third-order valence-corrected chi connectivity index (χ3v) is 5.08. The molecular weight excluding hydrogens is 350 g/mol. The summed E-state index contributed by atoms with van der Waals surface area (Å²) in [6.07, 6.45) is 0.937. The molecule has 27 heavy (non-hydrogen) atoms. The van der Waals surface area contributed by atoms with E-state index in [2.05, 4.69) is 19.2 Å². The van der Waals surface area contributed by atoms with Crippen molar-refractivity contribution >= 4 is 23.2 Å². The third-order valence-electron chi connectivity index (χ3n) is 5.08. The maximum atomic E-state index is 13.8. The van der Waals surface area contributed by atoms with Crippen molar-refractivity contribution in [3.63, 3.8) is 0 Å². The summed E-state index contributed by atoms with van der Waals surface area (Å²) in [6, 6.07) is 11.0. The minimum Gasteiger partial charge on any atom is -0.321 e. The predicted molar refractivity (Wildman–Crippen MR) is 101 cm³/mol. The molecule has 1 fully saturated rings. The number of nitrogens with one attached hydrogen (secondary N) is 1. The van der Waals surface area contributed by atoms with E-state index in [0.29, 0.717) is 0 Å². The van der Waals surface area contributed by atoms with Crippen molar-refractivity contribution in [2.24, 2.45) is 5.92 Å². The number of nitrogens with zero attached hydrogens (tertiary/aromatic N) is 1. The van der Waals surface area contributed by atoms with E-state index in [0.717, 1.165) is 29.8 Å². The molecule has 0 saturated carbocycles. The van der Waals surface area contributed by atoms with Gasteiger partial charge in [0, 0.05) is 18.7 Å². The highest BCUT2D eigenvalue weighted by atomic mass is 19.1. The largest absolute Gasteiger partial charge is 0.321 e. The average molecular weight is 372 g/mol. The van der Waals surface area contributed by atoms with Crippen LogP contribution in [0.4, 0.5) is 20.2 Å². The number of amides is 2. The van der Waals surface area contributed by atoms with Crippen LogP contribution in [0.1, 0.15) is 38.2 Å². The summed E-state index contributed by atoms with van der Waals surface area (Å²) in [4.78, 5) is 26.6. The van der Waals surface area contributed by atoms with Crippen LogP contribution in [0, 0.1) is 17.6 Å². The van der Waals surface area contributed by atoms with Crippen molar-refractivity contribution in [3.05, 3.63) is 59.7 Å². The van der Waals surface area contributed by atoms with E-state index in [1.165, 1.54) is 6.07 Å². The maximum Gasteiger partial charge on any atom is 0.229 e. The quantitative estimate of drug-likeness (QED) is 0.842. The molecule has 1 aliphatic rings. The molecule has 2 atom stereocenters. The van der Waals surface area contributed by atoms with E-state index >= 15 is 0 Å². The Bertz CT molecular complexity index is 849. The molecule has 6 heteroatoms. The van der Waals surface area contributed by atoms with Crippen molar-refractivity contribution in [2.75, 3.05) is 16.8 Å². The van der Waals surface area contributed by atoms with Gasteiger partial charge in [-0.15, -0.1) is 0 Å². The van der Waals surface area contributed by atoms with Gasteiger partial charge in [-0.1, -0.05) is 38.1 Å². The van der Waals surface area contributed by atoms with E-state index in [9.17, 15) is 18.4 Å². The zero-order valence-electron chi connectivity index (χ0n) is 15.3. The Labute approximate surface area is 157 Å². The SMILES string of the molecule is CCC(C)c1ccccc1N1CC(C(=O)Nc2c(F)cccc2F)CC1=O. The minimum atomic E-state index is -0.841. The van der Waals surface area contributed by atoms with Gasteiger partial charge in [0.2, 0.25) is 11.8 Å². The standard InChI is InChI=1S/C21H22F2N2O2/c1-3-13(2)15-7-4-5-10-18(15)25-12-14(11-19(25)26)21(27)24-20-16(22)8-6-9-17(20)23/h4-10,13-14H,3,11-12H2,1-2H3,(H,24,27). The van der Waals surface area contributed by atoms with E-state index in [1.54, 1.807) is 4.90 Å². The number of para-hydroxylation sites is 2. The van der Waals surface area contributed by atoms with Crippen LogP contribution in [0.25, 0.3) is 0 Å². The first-order valence-electron chi connectivity index (χ1n) is 9.06. The maximum absolute atomic E-state index is 13.8. The molecule has 2 aromatic rings. The van der Waals surface area contributed by atoms with Crippen molar-refractivity contribution < 1.29 is 18.4 Å². The van der Waals surface area contributed by atoms with E-state index < -0.39 is 29.1 Å². The van der Waals surface area contributed by atoms with E-state index in [1.807, 2.05) is 24.3 Å². The number of hydrogen-bond acceptors (Lipinski definition) is 2. The number of anilines is 2. The number of carbonyl (C=O) groups is 2. The van der Waals surface area contributed by atoms with Gasteiger partial charge in [-0.2, -0.15) is 0 Å². The molecule has 1 aliphatic heterocycles. The molecule has 1 heterocycles. The van der Waals surface area contributed by atoms with Gasteiger partial charge in [-0.05, 0) is 36.1 Å². The van der Waals surface area contributed by atoms with Gasteiger partial charge >= 0.3 is 0 Å². The Morgan fingerprint density at radius 3 is 2.52 bits per heavy atom. The normalized spacial score (nSPS) is 17.9. The fourth-order valence-corrected chi connectivity index (χ4v) is 3.33. The van der Waals surface area contributed by atoms with Crippen LogP contribution in [-0.2, 0) is 9.59 Å². The summed E-state index contributed by atoms with van der Waals surface area (Å²) >= 11 is 0. The molecule has 1 saturated heterocycles. The number of benzene rings is 2. The third kappa shape index (κ3) is 3.84. The molecule has 0 radical (unpaired) electrons. The van der Waals surface area contributed by atoms with Crippen LogP contribution in [0.2, 0.25) is 0 Å². The Morgan fingerprint density at radius 2 is 1.85 bits per heavy atom. The molecule has 2 amide bonds. The molecule has 0 aliphatic carbocycles. The van der Waals surface area contributed by atoms with Crippen LogP contribution in [-0.4, -0.2) is 18.4 Å². The molecule has 142 valence electrons. The first kappa shape index (κ1) is 19.0. The van der Waals surface area contributed by atoms with Crippen LogP contribution < -0.4 is 10.2 Å². The Balaban J connectivity index is 1.79. The Morgan fingerprint density at radius 1 is 1.19 bits per heavy atom. The first-order chi connectivity index (χ1) is 12.9. The number of carbonyl (C=O) groups excluding carboxylic acids is 2. The molecule has 3 rings (SSSR count). The van der Waals surface area contributed by atoms with Gasteiger partial charge in [0.15, 0.2) is 0 Å². The van der Waals surface area contributed by atoms with Gasteiger partial charge < -0.3 is 10.2 Å². The lowest BCUT2D eigenvalue weighted by molar-refractivity contribution is -0.122. The summed E-state index contributed by atoms with van der Waals surface area (Å²) in [5.74, 6) is -2.80. The lowest BCUT2D eigenvalue weighted by Crippen LogP contribution is -2.29. The molecule has 1 N–H and O–H groups in total. The number of rotatable bonds is 5. The lowest BCUT2D eigenvalue weighted by Gasteiger charge is -2.23. The summed E-state index contributed by atoms with van der Waals surface area (Å²) in [5.41, 5.74) is 1.37. The zero-order valence-corrected chi connectivity index (χ0v) is 15.3. The number of hydrogen-bond donors (Lipinski definition) is 1. The molecule has 4 nitrogen and oxygen atoms in total. The zero-order chi connectivity index (χ0) is 19.6. The highest BCUT2D eigenvalue weighted by Gasteiger charge is 2.36. The smallest absolute Gasteiger partial charge is 0.229 e. The highest BCUT2D eigenvalue weighted by Crippen LogP contribution is 2.34. The van der Waals surface area contributed by atoms with Crippen molar-refractivity contribution in [3.8, 4) is 0 Å². The molecule has 2 unspecified atom stereocenters.